The first-order chi connectivity index (χ1) is 25.8. The average Bonchev–Trinajstić information content (AvgIpc) is 3.15. The van der Waals surface area contributed by atoms with Gasteiger partial charge in [0.25, 0.3) is 20.0 Å². The zero-order valence-electron chi connectivity index (χ0n) is 28.5. The summed E-state index contributed by atoms with van der Waals surface area (Å²) in [4.78, 5) is 32.8. The van der Waals surface area contributed by atoms with Crippen molar-refractivity contribution >= 4 is 61.7 Å². The van der Waals surface area contributed by atoms with Crippen molar-refractivity contribution in [3.8, 4) is 11.5 Å². The van der Waals surface area contributed by atoms with Crippen molar-refractivity contribution in [1.29, 1.82) is 0 Å². The zero-order valence-corrected chi connectivity index (χ0v) is 31.1. The van der Waals surface area contributed by atoms with Crippen LogP contribution >= 0.6 is 0 Å². The van der Waals surface area contributed by atoms with Crippen molar-refractivity contribution in [2.75, 3.05) is 9.44 Å². The van der Waals surface area contributed by atoms with Gasteiger partial charge in [0.2, 0.25) is 11.9 Å². The first kappa shape index (κ1) is 42.9. The van der Waals surface area contributed by atoms with Crippen LogP contribution in [0.1, 0.15) is 18.1 Å². The number of carbonyl (C=O) groups excluding carboxylic acids is 1. The molecular weight excluding hydrogens is 800 g/mol. The fourth-order valence-corrected chi connectivity index (χ4v) is 5.88. The van der Waals surface area contributed by atoms with E-state index in [1.165, 1.54) is 61.5 Å². The molecule has 285 valence electrons. The van der Waals surface area contributed by atoms with Gasteiger partial charge in [-0.25, -0.2) is 46.2 Å². The molecule has 0 fully saturated rings. The van der Waals surface area contributed by atoms with Crippen molar-refractivity contribution in [3.05, 3.63) is 145 Å². The van der Waals surface area contributed by atoms with Crippen LogP contribution in [0.3, 0.4) is 0 Å². The van der Waals surface area contributed by atoms with Gasteiger partial charge in [-0.05, 0) is 91.9 Å². The largest absolute Gasteiger partial charge is 2.00 e. The summed E-state index contributed by atoms with van der Waals surface area (Å²) >= 11 is 0. The Balaban J connectivity index is 0.000000265. The molecule has 0 saturated heterocycles. The summed E-state index contributed by atoms with van der Waals surface area (Å²) in [7, 11) is -7.54. The molecule has 0 saturated carbocycles. The van der Waals surface area contributed by atoms with Crippen LogP contribution in [-0.2, 0) is 41.9 Å². The summed E-state index contributed by atoms with van der Waals surface area (Å²) in [6, 6.07) is 28.8. The van der Waals surface area contributed by atoms with Crippen LogP contribution in [0.5, 0.6) is 11.5 Å². The van der Waals surface area contributed by atoms with E-state index in [-0.39, 0.29) is 50.3 Å². The van der Waals surface area contributed by atoms with Gasteiger partial charge < -0.3 is 20.1 Å². The first-order valence-corrected chi connectivity index (χ1v) is 18.4. The molecule has 2 aromatic heterocycles. The number of anilines is 2. The number of rotatable bonds is 10. The smallest absolute Gasteiger partial charge is 0.550 e. The summed E-state index contributed by atoms with van der Waals surface area (Å²) in [5.41, 5.74) is 2.25. The summed E-state index contributed by atoms with van der Waals surface area (Å²) in [5.74, 6) is -0.830. The normalized spacial score (nSPS) is 10.9. The van der Waals surface area contributed by atoms with E-state index in [9.17, 15) is 27.0 Å². The molecule has 0 amide bonds. The minimum atomic E-state index is -3.77. The molecular formula is C36H31CuN8O8S2+. The molecule has 0 atom stereocenters. The Kier molecular flexibility index (Phi) is 16.1. The third-order valence-electron chi connectivity index (χ3n) is 6.46. The van der Waals surface area contributed by atoms with Crippen molar-refractivity contribution in [2.45, 2.75) is 16.7 Å². The van der Waals surface area contributed by atoms with Crippen molar-refractivity contribution in [3.63, 3.8) is 0 Å². The third-order valence-corrected chi connectivity index (χ3v) is 9.14. The summed E-state index contributed by atoms with van der Waals surface area (Å²) in [6.45, 7) is 0.972. The topological polar surface area (TPSA) is 249 Å². The number of carboxylic acids is 1. The Bertz CT molecular complexity index is 2250. The third kappa shape index (κ3) is 14.1. The standard InChI is InChI=1S/2C17H14N4O3S.C2H4O2.Cu/c2*22-16-5-2-1-4-13(16)12-20-14-6-8-15(9-7-14)25(23,24)21-17-18-10-3-11-19-17;1-2(3)4;/h2*1-12,22H,(H,18,19,21);1H3,(H,3,4);/q;;;+2/p-1. The molecule has 0 unspecified atom stereocenters. The SMILES string of the molecule is CC(=O)[O-].O=S(=O)(Nc1ncccn1)c1ccc(N=Cc2ccccc2O)cc1.O=S(=O)(Nc1ncccn1)c1ccc(N=Cc2ccccc2O)cc1.[Cu+2]. The Morgan fingerprint density at radius 3 is 1.20 bits per heavy atom. The van der Waals surface area contributed by atoms with Gasteiger partial charge >= 0.3 is 17.1 Å². The molecule has 0 bridgehead atoms. The van der Waals surface area contributed by atoms with E-state index in [0.29, 0.717) is 22.5 Å². The number of aliphatic imine (C=N–C) groups is 2. The maximum absolute atomic E-state index is 12.3. The number of sulfonamides is 2. The van der Waals surface area contributed by atoms with E-state index >= 15 is 0 Å². The second kappa shape index (κ2) is 20.6. The number of phenolic OH excluding ortho intramolecular Hbond substituents is 2. The molecule has 0 aliphatic rings. The minimum Gasteiger partial charge on any atom is -0.550 e. The number of hydrogen-bond acceptors (Lipinski definition) is 14. The van der Waals surface area contributed by atoms with Gasteiger partial charge in [0.15, 0.2) is 0 Å². The van der Waals surface area contributed by atoms with Gasteiger partial charge in [-0.1, -0.05) is 24.3 Å². The second-order valence-electron chi connectivity index (χ2n) is 10.5. The monoisotopic (exact) mass is 830 g/mol. The van der Waals surface area contributed by atoms with Gasteiger partial charge in [-0.3, -0.25) is 9.98 Å². The molecule has 6 rings (SSSR count). The number of aromatic nitrogens is 4. The van der Waals surface area contributed by atoms with Crippen LogP contribution in [0.2, 0.25) is 0 Å². The number of aliphatic carboxylic acids is 1. The van der Waals surface area contributed by atoms with E-state index in [2.05, 4.69) is 39.4 Å². The number of nitrogens with zero attached hydrogens (tertiary/aromatic N) is 6. The quantitative estimate of drug-likeness (QED) is 0.112. The van der Waals surface area contributed by atoms with Crippen LogP contribution in [0, 0.1) is 0 Å². The van der Waals surface area contributed by atoms with Gasteiger partial charge in [0, 0.05) is 54.3 Å². The number of carbonyl (C=O) groups is 1. The van der Waals surface area contributed by atoms with E-state index in [1.54, 1.807) is 84.9 Å². The summed E-state index contributed by atoms with van der Waals surface area (Å²) in [6.07, 6.45) is 8.80. The van der Waals surface area contributed by atoms with Crippen LogP contribution < -0.4 is 14.6 Å². The Morgan fingerprint density at radius 1 is 0.582 bits per heavy atom. The van der Waals surface area contributed by atoms with Crippen LogP contribution in [0.15, 0.2) is 154 Å². The number of carboxylic acid groups (broad SMARTS) is 1. The first-order valence-electron chi connectivity index (χ1n) is 15.4. The molecule has 4 N–H and O–H groups in total. The summed E-state index contributed by atoms with van der Waals surface area (Å²) < 4.78 is 53.7. The van der Waals surface area contributed by atoms with Gasteiger partial charge in [-0.15, -0.1) is 0 Å². The Hall–Kier alpha value is -6.53. The van der Waals surface area contributed by atoms with Crippen molar-refractivity contribution in [1.82, 2.24) is 19.9 Å². The number of nitrogens with one attached hydrogen (secondary N) is 2. The van der Waals surface area contributed by atoms with E-state index < -0.39 is 26.0 Å². The molecule has 1 radical (unpaired) electrons. The molecule has 2 heterocycles. The molecule has 19 heteroatoms. The fraction of sp³-hybridized carbons (Fsp3) is 0.0278. The molecule has 0 spiro atoms. The Labute approximate surface area is 327 Å². The summed E-state index contributed by atoms with van der Waals surface area (Å²) in [5, 5.41) is 28.3. The van der Waals surface area contributed by atoms with Crippen molar-refractivity contribution < 1.29 is 54.0 Å². The number of benzene rings is 4. The van der Waals surface area contributed by atoms with E-state index in [1.807, 2.05) is 0 Å². The number of aromatic hydroxyl groups is 2. The van der Waals surface area contributed by atoms with E-state index in [0.717, 1.165) is 6.92 Å². The maximum Gasteiger partial charge on any atom is 2.00 e. The molecule has 6 aromatic rings. The van der Waals surface area contributed by atoms with Gasteiger partial charge in [0.1, 0.15) is 11.5 Å². The number of phenols is 2. The Morgan fingerprint density at radius 2 is 0.891 bits per heavy atom. The predicted molar refractivity (Wildman–Crippen MR) is 200 cm³/mol. The fourth-order valence-electron chi connectivity index (χ4n) is 3.97. The maximum atomic E-state index is 12.3. The average molecular weight is 831 g/mol. The second-order valence-corrected chi connectivity index (χ2v) is 13.8. The van der Waals surface area contributed by atoms with E-state index in [4.69, 9.17) is 9.90 Å². The molecule has 0 aliphatic heterocycles. The predicted octanol–water partition coefficient (Wildman–Crippen LogP) is 4.22. The number of hydrogen-bond donors (Lipinski definition) is 4. The van der Waals surface area contributed by atoms with Crippen molar-refractivity contribution in [2.24, 2.45) is 9.98 Å². The van der Waals surface area contributed by atoms with Crippen LogP contribution in [0.4, 0.5) is 23.3 Å². The molecule has 4 aromatic carbocycles. The van der Waals surface area contributed by atoms with Gasteiger partial charge in [-0.2, -0.15) is 0 Å². The minimum absolute atomic E-state index is 0. The van der Waals surface area contributed by atoms with Gasteiger partial charge in [0.05, 0.1) is 21.2 Å². The zero-order chi connectivity index (χ0) is 39.0. The van der Waals surface area contributed by atoms with Crippen LogP contribution in [0.25, 0.3) is 0 Å². The molecule has 55 heavy (non-hydrogen) atoms. The molecule has 16 nitrogen and oxygen atoms in total. The number of para-hydroxylation sites is 2. The molecule has 0 aliphatic carbocycles. The van der Waals surface area contributed by atoms with Crippen LogP contribution in [-0.4, -0.2) is 65.4 Å².